The van der Waals surface area contributed by atoms with Gasteiger partial charge in [-0.15, -0.1) is 0 Å². The van der Waals surface area contributed by atoms with E-state index in [1.165, 1.54) is 50.0 Å². The van der Waals surface area contributed by atoms with Gasteiger partial charge in [0.1, 0.15) is 44.9 Å². The molecule has 2 N–H and O–H groups in total. The van der Waals surface area contributed by atoms with Crippen molar-refractivity contribution in [2.24, 2.45) is 5.11 Å². The summed E-state index contributed by atoms with van der Waals surface area (Å²) in [7, 11) is 2.74. The first-order valence-electron chi connectivity index (χ1n) is 14.1. The first-order valence-corrected chi connectivity index (χ1v) is 16.6. The second-order valence-electron chi connectivity index (χ2n) is 10.0. The lowest BCUT2D eigenvalue weighted by atomic mass is 10.1. The number of hydrogen-bond donors (Lipinski definition) is 2. The van der Waals surface area contributed by atoms with Crippen molar-refractivity contribution in [2.75, 3.05) is 37.9 Å². The zero-order valence-electron chi connectivity index (χ0n) is 25.1. The molecule has 47 heavy (non-hydrogen) atoms. The lowest BCUT2D eigenvalue weighted by Gasteiger charge is -2.16. The maximum atomic E-state index is 12.2. The smallest absolute Gasteiger partial charge is 0.433 e. The molecule has 0 radical (unpaired) electrons. The largest absolute Gasteiger partial charge is 0.508 e. The molecule has 0 aromatic carbocycles. The van der Waals surface area contributed by atoms with Crippen molar-refractivity contribution in [3.63, 3.8) is 0 Å². The number of hydrogen-bond acceptors (Lipinski definition) is 15. The number of carbonyl (C=O) groups is 2. The standard InChI is InChI=1S/C26H31N7O12S2/c1-14-10-32(23(36)28-21(14)34)19-4-3-16(44-19)12-42-25(38)40-5-7-46-47-8-6-41-26(39)43-13-18-17(30-31-27)9-20(45-18)33-11-15(2)22(35)29-24(33)37/h3-4,10-11,16-20H,5-9,12-13H2,1-2H3,(H,28,34,36)(H,29,35,37)/t16?,17-,18+,19+,20+/m0/s1. The Morgan fingerprint density at radius 1 is 0.894 bits per heavy atom. The van der Waals surface area contributed by atoms with Crippen LogP contribution in [0.15, 0.2) is 48.8 Å². The van der Waals surface area contributed by atoms with E-state index < -0.39 is 65.5 Å². The Hall–Kier alpha value is -4.43. The van der Waals surface area contributed by atoms with Gasteiger partial charge in [-0.3, -0.25) is 28.7 Å². The van der Waals surface area contributed by atoms with Crippen molar-refractivity contribution in [3.05, 3.63) is 87.8 Å². The summed E-state index contributed by atoms with van der Waals surface area (Å²) < 4.78 is 34.0. The van der Waals surface area contributed by atoms with Crippen LogP contribution in [0, 0.1) is 13.8 Å². The van der Waals surface area contributed by atoms with E-state index in [4.69, 9.17) is 34.0 Å². The third kappa shape index (κ3) is 10.0. The third-order valence-corrected chi connectivity index (χ3v) is 9.01. The number of H-pyrrole nitrogens is 2. The van der Waals surface area contributed by atoms with Crippen molar-refractivity contribution in [3.8, 4) is 0 Å². The molecule has 0 saturated carbocycles. The number of azide groups is 1. The molecule has 4 rings (SSSR count). The normalized spacial score (nSPS) is 21.6. The molecule has 2 aliphatic heterocycles. The molecule has 1 unspecified atom stereocenters. The fourth-order valence-corrected chi connectivity index (χ4v) is 6.01. The molecule has 5 atom stereocenters. The molecule has 19 nitrogen and oxygen atoms in total. The van der Waals surface area contributed by atoms with Gasteiger partial charge in [-0.2, -0.15) is 0 Å². The van der Waals surface area contributed by atoms with E-state index >= 15 is 0 Å². The molecular formula is C26H31N7O12S2. The van der Waals surface area contributed by atoms with Gasteiger partial charge in [0.05, 0.1) is 6.04 Å². The predicted molar refractivity (Wildman–Crippen MR) is 166 cm³/mol. The summed E-state index contributed by atoms with van der Waals surface area (Å²) in [5.74, 6) is 0.839. The van der Waals surface area contributed by atoms with Gasteiger partial charge in [0.15, 0.2) is 6.23 Å². The second kappa shape index (κ2) is 16.9. The number of carbonyl (C=O) groups excluding carboxylic acids is 2. The number of rotatable bonds is 14. The highest BCUT2D eigenvalue weighted by Gasteiger charge is 2.37. The molecule has 1 fully saturated rings. The van der Waals surface area contributed by atoms with E-state index in [1.54, 1.807) is 19.1 Å². The first-order chi connectivity index (χ1) is 22.5. The lowest BCUT2D eigenvalue weighted by Crippen LogP contribution is -2.33. The minimum atomic E-state index is -0.959. The molecule has 2 aromatic heterocycles. The Kier molecular flexibility index (Phi) is 12.8. The average Bonchev–Trinajstić information content (AvgIpc) is 3.67. The third-order valence-electron chi connectivity index (χ3n) is 6.67. The van der Waals surface area contributed by atoms with Crippen molar-refractivity contribution in [1.82, 2.24) is 19.1 Å². The Balaban J connectivity index is 1.04. The molecule has 1 saturated heterocycles. The summed E-state index contributed by atoms with van der Waals surface area (Å²) in [6.07, 6.45) is 1.23. The molecule has 0 aliphatic carbocycles. The van der Waals surface area contributed by atoms with Crippen LogP contribution in [0.5, 0.6) is 0 Å². The molecular weight excluding hydrogens is 666 g/mol. The van der Waals surface area contributed by atoms with Gasteiger partial charge in [0.25, 0.3) is 11.1 Å². The minimum Gasteiger partial charge on any atom is -0.433 e. The van der Waals surface area contributed by atoms with E-state index in [2.05, 4.69) is 20.0 Å². The zero-order chi connectivity index (χ0) is 33.9. The maximum Gasteiger partial charge on any atom is 0.508 e. The van der Waals surface area contributed by atoms with E-state index in [0.29, 0.717) is 22.6 Å². The predicted octanol–water partition coefficient (Wildman–Crippen LogP) is 1.81. The maximum absolute atomic E-state index is 12.2. The van der Waals surface area contributed by atoms with Gasteiger partial charge < -0.3 is 28.4 Å². The number of ether oxygens (including phenoxy) is 6. The highest BCUT2D eigenvalue weighted by molar-refractivity contribution is 8.76. The van der Waals surface area contributed by atoms with Crippen LogP contribution in [-0.4, -0.2) is 87.6 Å². The number of aryl methyl sites for hydroxylation is 2. The number of nitrogens with zero attached hydrogens (tertiary/aromatic N) is 5. The molecule has 2 aromatic rings. The second-order valence-corrected chi connectivity index (χ2v) is 12.7. The van der Waals surface area contributed by atoms with Crippen molar-refractivity contribution in [2.45, 2.75) is 51.0 Å². The van der Waals surface area contributed by atoms with Gasteiger partial charge in [0.2, 0.25) is 0 Å². The molecule has 0 amide bonds. The van der Waals surface area contributed by atoms with Crippen LogP contribution >= 0.6 is 21.6 Å². The highest BCUT2D eigenvalue weighted by atomic mass is 33.1. The summed E-state index contributed by atoms with van der Waals surface area (Å²) in [5.41, 5.74) is 7.22. The summed E-state index contributed by atoms with van der Waals surface area (Å²) in [4.78, 5) is 78.4. The molecule has 2 aliphatic rings. The van der Waals surface area contributed by atoms with Crippen LogP contribution in [0.2, 0.25) is 0 Å². The molecule has 0 bridgehead atoms. The van der Waals surface area contributed by atoms with Crippen LogP contribution in [0.25, 0.3) is 10.4 Å². The number of aromatic amines is 2. The van der Waals surface area contributed by atoms with Crippen molar-refractivity contribution in [1.29, 1.82) is 0 Å². The number of nitrogens with one attached hydrogen (secondary N) is 2. The van der Waals surface area contributed by atoms with Crippen molar-refractivity contribution >= 4 is 33.9 Å². The van der Waals surface area contributed by atoms with Crippen LogP contribution in [-0.2, 0) is 28.4 Å². The molecule has 254 valence electrons. The molecule has 21 heteroatoms. The van der Waals surface area contributed by atoms with Crippen LogP contribution < -0.4 is 22.5 Å². The summed E-state index contributed by atoms with van der Waals surface area (Å²) >= 11 is 0. The lowest BCUT2D eigenvalue weighted by molar-refractivity contribution is -0.0415. The average molecular weight is 698 g/mol. The van der Waals surface area contributed by atoms with Crippen molar-refractivity contribution < 1.29 is 38.0 Å². The monoisotopic (exact) mass is 697 g/mol. The quantitative estimate of drug-likeness (QED) is 0.0544. The topological polar surface area (TPSA) is 248 Å². The van der Waals surface area contributed by atoms with Crippen LogP contribution in [0.3, 0.4) is 0 Å². The van der Waals surface area contributed by atoms with E-state index in [0.717, 1.165) is 0 Å². The van der Waals surface area contributed by atoms with Gasteiger partial charge in [-0.05, 0) is 25.5 Å². The Labute approximate surface area is 272 Å². The van der Waals surface area contributed by atoms with Crippen LogP contribution in [0.1, 0.15) is 30.0 Å². The van der Waals surface area contributed by atoms with Gasteiger partial charge in [0, 0.05) is 46.4 Å². The van der Waals surface area contributed by atoms with Crippen LogP contribution in [0.4, 0.5) is 9.59 Å². The van der Waals surface area contributed by atoms with Gasteiger partial charge >= 0.3 is 23.7 Å². The Morgan fingerprint density at radius 3 is 2.09 bits per heavy atom. The van der Waals surface area contributed by atoms with E-state index in [1.807, 2.05) is 0 Å². The Morgan fingerprint density at radius 2 is 1.47 bits per heavy atom. The first kappa shape index (κ1) is 35.4. The van der Waals surface area contributed by atoms with Gasteiger partial charge in [-0.1, -0.05) is 32.8 Å². The van der Waals surface area contributed by atoms with E-state index in [-0.39, 0.29) is 32.8 Å². The minimum absolute atomic E-state index is 0.0278. The summed E-state index contributed by atoms with van der Waals surface area (Å²) in [6, 6.07) is -0.728. The highest BCUT2D eigenvalue weighted by Crippen LogP contribution is 2.30. The SMILES string of the molecule is Cc1cn([C@H]2C=CC(COC(=O)OCCSSCCOC(=O)OC[C@H]3O[C@@H](n4cc(C)c(=O)[nH]c4=O)C[C@@H]3N=[N+]=[N-])O2)c(=O)[nH]c1=O. The fourth-order valence-electron chi connectivity index (χ4n) is 4.36. The fraction of sp³-hybridized carbons (Fsp3) is 0.538. The van der Waals surface area contributed by atoms with Gasteiger partial charge in [-0.25, -0.2) is 19.2 Å². The zero-order valence-corrected chi connectivity index (χ0v) is 26.7. The Bertz CT molecular complexity index is 1750. The molecule has 0 spiro atoms. The number of aromatic nitrogens is 4. The summed E-state index contributed by atoms with van der Waals surface area (Å²) in [6.45, 7) is 2.76. The summed E-state index contributed by atoms with van der Waals surface area (Å²) in [5, 5.41) is 3.66. The molecule has 4 heterocycles. The van der Waals surface area contributed by atoms with E-state index in [9.17, 15) is 28.8 Å².